The van der Waals surface area contributed by atoms with Crippen LogP contribution in [-0.4, -0.2) is 29.2 Å². The van der Waals surface area contributed by atoms with Crippen LogP contribution in [0.15, 0.2) is 30.5 Å². The van der Waals surface area contributed by atoms with E-state index in [1.165, 1.54) is 5.56 Å². The Morgan fingerprint density at radius 2 is 2.32 bits per heavy atom. The van der Waals surface area contributed by atoms with E-state index in [2.05, 4.69) is 35.5 Å². The molecule has 1 aromatic heterocycles. The van der Waals surface area contributed by atoms with Gasteiger partial charge in [-0.05, 0) is 30.7 Å². The Morgan fingerprint density at radius 3 is 3.16 bits per heavy atom. The van der Waals surface area contributed by atoms with Gasteiger partial charge in [-0.1, -0.05) is 11.6 Å². The van der Waals surface area contributed by atoms with Crippen LogP contribution in [0.2, 0.25) is 0 Å². The lowest BCUT2D eigenvalue weighted by molar-refractivity contribution is 0.0474. The van der Waals surface area contributed by atoms with E-state index in [1.807, 2.05) is 17.3 Å². The zero-order chi connectivity index (χ0) is 13.2. The molecule has 5 heteroatoms. The first-order chi connectivity index (χ1) is 9.20. The molecule has 0 saturated carbocycles. The first-order valence-corrected chi connectivity index (χ1v) is 6.24. The minimum Gasteiger partial charge on any atom is -0.447 e. The van der Waals surface area contributed by atoms with Gasteiger partial charge in [-0.25, -0.2) is 9.80 Å². The number of aryl methyl sites for hydroxylation is 1. The number of nitrogens with zero attached hydrogens (tertiary/aromatic N) is 2. The molecule has 1 aliphatic heterocycles. The summed E-state index contributed by atoms with van der Waals surface area (Å²) in [6.45, 7) is 3.80. The van der Waals surface area contributed by atoms with E-state index in [9.17, 15) is 4.79 Å². The number of rotatable bonds is 2. The van der Waals surface area contributed by atoms with Crippen molar-refractivity contribution in [2.75, 3.05) is 13.2 Å². The normalized spacial score (nSPS) is 16.2. The smallest absolute Gasteiger partial charge is 0.421 e. The predicted molar refractivity (Wildman–Crippen MR) is 71.4 cm³/mol. The van der Waals surface area contributed by atoms with E-state index >= 15 is 0 Å². The van der Waals surface area contributed by atoms with Gasteiger partial charge in [-0.15, -0.1) is 0 Å². The minimum atomic E-state index is -0.393. The predicted octanol–water partition coefficient (Wildman–Crippen LogP) is 2.00. The van der Waals surface area contributed by atoms with Gasteiger partial charge in [0.05, 0.1) is 12.1 Å². The molecule has 5 nitrogen and oxygen atoms in total. The number of benzene rings is 1. The number of amides is 1. The van der Waals surface area contributed by atoms with Crippen LogP contribution in [0.5, 0.6) is 0 Å². The van der Waals surface area contributed by atoms with Crippen molar-refractivity contribution in [2.24, 2.45) is 0 Å². The Balaban J connectivity index is 1.82. The Morgan fingerprint density at radius 1 is 1.42 bits per heavy atom. The van der Waals surface area contributed by atoms with Gasteiger partial charge in [0.25, 0.3) is 0 Å². The molecule has 19 heavy (non-hydrogen) atoms. The summed E-state index contributed by atoms with van der Waals surface area (Å²) in [6, 6.07) is 8.29. The molecule has 0 spiro atoms. The van der Waals surface area contributed by atoms with Crippen molar-refractivity contribution in [3.63, 3.8) is 0 Å². The number of hydrogen-bond donors (Lipinski definition) is 1. The number of carbonyl (C=O) groups is 1. The van der Waals surface area contributed by atoms with Crippen molar-refractivity contribution < 1.29 is 9.53 Å². The van der Waals surface area contributed by atoms with Crippen LogP contribution in [0.1, 0.15) is 11.1 Å². The summed E-state index contributed by atoms with van der Waals surface area (Å²) < 4.78 is 4.82. The number of pyridine rings is 1. The lowest BCUT2D eigenvalue weighted by Crippen LogP contribution is -2.48. The molecule has 1 saturated heterocycles. The van der Waals surface area contributed by atoms with Crippen LogP contribution in [-0.2, 0) is 11.3 Å². The maximum atomic E-state index is 11.1. The Kier molecular flexibility index (Phi) is 3.05. The molecule has 0 atom stereocenters. The van der Waals surface area contributed by atoms with Crippen molar-refractivity contribution in [1.82, 2.24) is 15.4 Å². The number of hydrogen-bond acceptors (Lipinski definition) is 4. The van der Waals surface area contributed by atoms with E-state index in [0.717, 1.165) is 16.5 Å². The largest absolute Gasteiger partial charge is 0.447 e. The molecular weight excluding hydrogens is 242 g/mol. The first-order valence-electron chi connectivity index (χ1n) is 6.24. The van der Waals surface area contributed by atoms with Gasteiger partial charge in [0, 0.05) is 18.1 Å². The Labute approximate surface area is 111 Å². The average molecular weight is 257 g/mol. The zero-order valence-corrected chi connectivity index (χ0v) is 10.7. The lowest BCUT2D eigenvalue weighted by Gasteiger charge is -2.26. The maximum Gasteiger partial charge on any atom is 0.421 e. The second-order valence-corrected chi connectivity index (χ2v) is 4.71. The van der Waals surface area contributed by atoms with Crippen LogP contribution >= 0.6 is 0 Å². The quantitative estimate of drug-likeness (QED) is 0.894. The molecule has 0 unspecified atom stereocenters. The second kappa shape index (κ2) is 4.85. The lowest BCUT2D eigenvalue weighted by atomic mass is 10.1. The van der Waals surface area contributed by atoms with Gasteiger partial charge in [-0.2, -0.15) is 0 Å². The molecule has 98 valence electrons. The number of aromatic nitrogens is 1. The highest BCUT2D eigenvalue weighted by atomic mass is 16.6. The highest BCUT2D eigenvalue weighted by Crippen LogP contribution is 2.16. The number of hydrazine groups is 1. The van der Waals surface area contributed by atoms with Crippen LogP contribution in [0.25, 0.3) is 10.9 Å². The molecule has 2 heterocycles. The fraction of sp³-hybridized carbons (Fsp3) is 0.286. The summed E-state index contributed by atoms with van der Waals surface area (Å²) in [5.74, 6) is 0. The number of carbonyl (C=O) groups excluding carboxylic acids is 1. The summed E-state index contributed by atoms with van der Waals surface area (Å²) in [5, 5.41) is 2.96. The van der Waals surface area contributed by atoms with Crippen LogP contribution in [0.3, 0.4) is 0 Å². The van der Waals surface area contributed by atoms with Gasteiger partial charge in [0.1, 0.15) is 6.61 Å². The monoisotopic (exact) mass is 257 g/mol. The summed E-state index contributed by atoms with van der Waals surface area (Å²) in [7, 11) is 0. The van der Waals surface area contributed by atoms with Crippen molar-refractivity contribution in [3.8, 4) is 0 Å². The molecule has 1 fully saturated rings. The van der Waals surface area contributed by atoms with Gasteiger partial charge >= 0.3 is 6.09 Å². The van der Waals surface area contributed by atoms with Crippen molar-refractivity contribution in [1.29, 1.82) is 0 Å². The van der Waals surface area contributed by atoms with E-state index in [4.69, 9.17) is 4.74 Å². The molecule has 0 bridgehead atoms. The number of nitrogens with one attached hydrogen (secondary N) is 1. The number of cyclic esters (lactones) is 1. The number of ether oxygens (including phenoxy) is 1. The molecule has 1 amide bonds. The van der Waals surface area contributed by atoms with E-state index < -0.39 is 6.09 Å². The third kappa shape index (κ3) is 2.66. The minimum absolute atomic E-state index is 0.393. The SMILES string of the molecule is Cc1ccc2ncc(CN3CCOC(=O)N3)cc2c1. The highest BCUT2D eigenvalue weighted by Gasteiger charge is 2.16. The summed E-state index contributed by atoms with van der Waals surface area (Å²) in [5.41, 5.74) is 5.94. The average Bonchev–Trinajstić information content (AvgIpc) is 2.38. The third-order valence-electron chi connectivity index (χ3n) is 3.11. The van der Waals surface area contributed by atoms with Crippen molar-refractivity contribution in [2.45, 2.75) is 13.5 Å². The molecule has 1 aromatic carbocycles. The summed E-state index contributed by atoms with van der Waals surface area (Å²) in [4.78, 5) is 15.6. The standard InChI is InChI=1S/C14H15N3O2/c1-10-2-3-13-12(6-10)7-11(8-15-13)9-17-4-5-19-14(18)16-17/h2-3,6-8H,4-5,9H2,1H3,(H,16,18). The van der Waals surface area contributed by atoms with Crippen LogP contribution in [0, 0.1) is 6.92 Å². The Bertz CT molecular complexity index is 627. The molecular formula is C14H15N3O2. The highest BCUT2D eigenvalue weighted by molar-refractivity contribution is 5.79. The van der Waals surface area contributed by atoms with E-state index in [0.29, 0.717) is 19.7 Å². The molecule has 3 rings (SSSR count). The maximum absolute atomic E-state index is 11.1. The topological polar surface area (TPSA) is 54.5 Å². The van der Waals surface area contributed by atoms with Crippen LogP contribution in [0.4, 0.5) is 4.79 Å². The van der Waals surface area contributed by atoms with Gasteiger partial charge in [0.15, 0.2) is 0 Å². The molecule has 1 aliphatic rings. The first kappa shape index (κ1) is 11.9. The second-order valence-electron chi connectivity index (χ2n) is 4.71. The molecule has 0 aliphatic carbocycles. The molecule has 1 N–H and O–H groups in total. The number of fused-ring (bicyclic) bond motifs is 1. The summed E-state index contributed by atoms with van der Waals surface area (Å²) in [6.07, 6.45) is 1.45. The van der Waals surface area contributed by atoms with Crippen molar-refractivity contribution >= 4 is 17.0 Å². The zero-order valence-electron chi connectivity index (χ0n) is 10.7. The fourth-order valence-electron chi connectivity index (χ4n) is 2.19. The molecule has 0 radical (unpaired) electrons. The van der Waals surface area contributed by atoms with Gasteiger partial charge < -0.3 is 4.74 Å². The Hall–Kier alpha value is -2.14. The summed E-state index contributed by atoms with van der Waals surface area (Å²) >= 11 is 0. The van der Waals surface area contributed by atoms with E-state index in [1.54, 1.807) is 0 Å². The van der Waals surface area contributed by atoms with Gasteiger partial charge in [0.2, 0.25) is 0 Å². The van der Waals surface area contributed by atoms with Crippen molar-refractivity contribution in [3.05, 3.63) is 41.6 Å². The van der Waals surface area contributed by atoms with E-state index in [-0.39, 0.29) is 0 Å². The van der Waals surface area contributed by atoms with Crippen LogP contribution < -0.4 is 5.43 Å². The fourth-order valence-corrected chi connectivity index (χ4v) is 2.19. The third-order valence-corrected chi connectivity index (χ3v) is 3.11. The van der Waals surface area contributed by atoms with Gasteiger partial charge in [-0.3, -0.25) is 10.4 Å². The molecule has 2 aromatic rings.